The summed E-state index contributed by atoms with van der Waals surface area (Å²) < 4.78 is 5.44. The van der Waals surface area contributed by atoms with Crippen molar-refractivity contribution in [2.45, 2.75) is 58.5 Å². The van der Waals surface area contributed by atoms with E-state index in [-0.39, 0.29) is 11.7 Å². The molecule has 1 spiro atoms. The van der Waals surface area contributed by atoms with Gasteiger partial charge < -0.3 is 4.74 Å². The van der Waals surface area contributed by atoms with Crippen LogP contribution in [0.1, 0.15) is 52.9 Å². The van der Waals surface area contributed by atoms with Crippen LogP contribution < -0.4 is 0 Å². The summed E-state index contributed by atoms with van der Waals surface area (Å²) in [5, 5.41) is 0. The highest BCUT2D eigenvalue weighted by atomic mass is 16.6. The van der Waals surface area contributed by atoms with E-state index in [2.05, 4.69) is 0 Å². The van der Waals surface area contributed by atoms with Gasteiger partial charge in [0.2, 0.25) is 5.78 Å². The van der Waals surface area contributed by atoms with Gasteiger partial charge in [-0.1, -0.05) is 25.8 Å². The first-order valence-electron chi connectivity index (χ1n) is 6.47. The van der Waals surface area contributed by atoms with Gasteiger partial charge >= 0.3 is 5.97 Å². The Labute approximate surface area is 102 Å². The molecule has 1 aliphatic carbocycles. The number of hydrogen-bond donors (Lipinski definition) is 0. The summed E-state index contributed by atoms with van der Waals surface area (Å²) >= 11 is 0. The first-order chi connectivity index (χ1) is 7.98. The van der Waals surface area contributed by atoms with Crippen molar-refractivity contribution in [1.29, 1.82) is 0 Å². The molecule has 0 aromatic heterocycles. The van der Waals surface area contributed by atoms with Crippen LogP contribution in [0.15, 0.2) is 11.1 Å². The van der Waals surface area contributed by atoms with E-state index in [0.29, 0.717) is 18.4 Å². The van der Waals surface area contributed by atoms with Gasteiger partial charge in [-0.25, -0.2) is 4.79 Å². The Bertz CT molecular complexity index is 384. The van der Waals surface area contributed by atoms with Crippen LogP contribution in [-0.2, 0) is 14.3 Å². The van der Waals surface area contributed by atoms with Crippen LogP contribution >= 0.6 is 0 Å². The van der Waals surface area contributed by atoms with Crippen molar-refractivity contribution in [3.63, 3.8) is 0 Å². The topological polar surface area (TPSA) is 43.4 Å². The van der Waals surface area contributed by atoms with Gasteiger partial charge in [0.05, 0.1) is 0 Å². The van der Waals surface area contributed by atoms with Gasteiger partial charge in [-0.05, 0) is 38.5 Å². The summed E-state index contributed by atoms with van der Waals surface area (Å²) in [5.41, 5.74) is 0.380. The number of ether oxygens (including phenoxy) is 1. The van der Waals surface area contributed by atoms with E-state index in [1.54, 1.807) is 0 Å². The van der Waals surface area contributed by atoms with Gasteiger partial charge in [0, 0.05) is 0 Å². The Balaban J connectivity index is 2.37. The molecule has 0 radical (unpaired) electrons. The van der Waals surface area contributed by atoms with Crippen LogP contribution in [0.5, 0.6) is 0 Å². The molecule has 0 amide bonds. The van der Waals surface area contributed by atoms with E-state index in [9.17, 15) is 9.59 Å². The standard InChI is InChI=1S/C14H20O3/c1-9(2)10(3)11-12(15)14(17-13(11)16)7-5-4-6-8-14/h9H,4-8H2,1-3H3/b11-10+. The number of rotatable bonds is 1. The molecule has 0 aromatic rings. The van der Waals surface area contributed by atoms with Crippen LogP contribution in [-0.4, -0.2) is 17.4 Å². The molecule has 1 heterocycles. The fourth-order valence-corrected chi connectivity index (χ4v) is 2.68. The lowest BCUT2D eigenvalue weighted by Gasteiger charge is -2.29. The SMILES string of the molecule is C/C(=C1\C(=O)OC2(CCCCC2)C1=O)C(C)C. The molecule has 1 saturated heterocycles. The molecule has 1 saturated carbocycles. The van der Waals surface area contributed by atoms with E-state index in [4.69, 9.17) is 4.74 Å². The van der Waals surface area contributed by atoms with Crippen LogP contribution in [0.3, 0.4) is 0 Å². The zero-order chi connectivity index (χ0) is 12.6. The Morgan fingerprint density at radius 2 is 1.76 bits per heavy atom. The Morgan fingerprint density at radius 1 is 1.18 bits per heavy atom. The normalized spacial score (nSPS) is 26.6. The van der Waals surface area contributed by atoms with Crippen molar-refractivity contribution in [2.75, 3.05) is 0 Å². The first kappa shape index (κ1) is 12.3. The maximum atomic E-state index is 12.4. The average molecular weight is 236 g/mol. The van der Waals surface area contributed by atoms with Crippen molar-refractivity contribution in [1.82, 2.24) is 0 Å². The van der Waals surface area contributed by atoms with Gasteiger partial charge in [-0.3, -0.25) is 4.79 Å². The second kappa shape index (κ2) is 4.28. The van der Waals surface area contributed by atoms with Gasteiger partial charge in [-0.15, -0.1) is 0 Å². The fourth-order valence-electron chi connectivity index (χ4n) is 2.68. The summed E-state index contributed by atoms with van der Waals surface area (Å²) in [6, 6.07) is 0. The number of allylic oxidation sites excluding steroid dienone is 1. The van der Waals surface area contributed by atoms with Gasteiger partial charge in [0.1, 0.15) is 5.57 Å². The molecule has 94 valence electrons. The van der Waals surface area contributed by atoms with Crippen molar-refractivity contribution in [3.05, 3.63) is 11.1 Å². The minimum Gasteiger partial charge on any atom is -0.447 e. The Morgan fingerprint density at radius 3 is 2.29 bits per heavy atom. The van der Waals surface area contributed by atoms with E-state index >= 15 is 0 Å². The number of ketones is 1. The van der Waals surface area contributed by atoms with E-state index in [1.807, 2.05) is 20.8 Å². The molecule has 0 atom stereocenters. The Hall–Kier alpha value is -1.12. The molecule has 0 aromatic carbocycles. The van der Waals surface area contributed by atoms with Crippen molar-refractivity contribution >= 4 is 11.8 Å². The number of carbonyl (C=O) groups excluding carboxylic acids is 2. The van der Waals surface area contributed by atoms with Gasteiger partial charge in [0.25, 0.3) is 0 Å². The minimum absolute atomic E-state index is 0.0617. The first-order valence-corrected chi connectivity index (χ1v) is 6.47. The average Bonchev–Trinajstić information content (AvgIpc) is 2.51. The molecule has 1 aliphatic heterocycles. The summed E-state index contributed by atoms with van der Waals surface area (Å²) in [4.78, 5) is 24.3. The molecule has 2 fully saturated rings. The van der Waals surface area contributed by atoms with Crippen LogP contribution in [0.25, 0.3) is 0 Å². The van der Waals surface area contributed by atoms with Crippen LogP contribution in [0.2, 0.25) is 0 Å². The van der Waals surface area contributed by atoms with Gasteiger partial charge in [0.15, 0.2) is 5.60 Å². The second-order valence-corrected chi connectivity index (χ2v) is 5.49. The molecule has 2 aliphatic rings. The summed E-state index contributed by atoms with van der Waals surface area (Å²) in [6.45, 7) is 5.85. The fraction of sp³-hybridized carbons (Fsp3) is 0.714. The third kappa shape index (κ3) is 1.92. The number of Topliss-reactive ketones (excluding diaryl/α,β-unsaturated/α-hetero) is 1. The zero-order valence-corrected chi connectivity index (χ0v) is 10.8. The molecule has 3 nitrogen and oxygen atoms in total. The number of carbonyl (C=O) groups is 2. The van der Waals surface area contributed by atoms with Gasteiger partial charge in [-0.2, -0.15) is 0 Å². The maximum Gasteiger partial charge on any atom is 0.342 e. The highest BCUT2D eigenvalue weighted by Gasteiger charge is 2.52. The lowest BCUT2D eigenvalue weighted by Crippen LogP contribution is -2.38. The van der Waals surface area contributed by atoms with Crippen molar-refractivity contribution in [3.8, 4) is 0 Å². The molecule has 0 bridgehead atoms. The summed E-state index contributed by atoms with van der Waals surface area (Å²) in [6.07, 6.45) is 4.49. The van der Waals surface area contributed by atoms with E-state index in [0.717, 1.165) is 24.8 Å². The lowest BCUT2D eigenvalue weighted by atomic mass is 9.80. The highest BCUT2D eigenvalue weighted by molar-refractivity contribution is 6.25. The number of esters is 1. The van der Waals surface area contributed by atoms with E-state index < -0.39 is 11.6 Å². The summed E-state index contributed by atoms with van der Waals surface area (Å²) in [7, 11) is 0. The van der Waals surface area contributed by atoms with Crippen molar-refractivity contribution in [2.24, 2.45) is 5.92 Å². The third-order valence-corrected chi connectivity index (χ3v) is 4.05. The summed E-state index contributed by atoms with van der Waals surface area (Å²) in [5.74, 6) is -0.253. The molecule has 0 unspecified atom stereocenters. The second-order valence-electron chi connectivity index (χ2n) is 5.49. The molecular weight excluding hydrogens is 216 g/mol. The molecule has 17 heavy (non-hydrogen) atoms. The minimum atomic E-state index is -0.805. The smallest absolute Gasteiger partial charge is 0.342 e. The Kier molecular flexibility index (Phi) is 3.11. The van der Waals surface area contributed by atoms with Crippen LogP contribution in [0, 0.1) is 5.92 Å². The lowest BCUT2D eigenvalue weighted by molar-refractivity contribution is -0.154. The quantitative estimate of drug-likeness (QED) is 0.399. The number of hydrogen-bond acceptors (Lipinski definition) is 3. The van der Waals surface area contributed by atoms with Crippen molar-refractivity contribution < 1.29 is 14.3 Å². The highest BCUT2D eigenvalue weighted by Crippen LogP contribution is 2.41. The predicted octanol–water partition coefficient (Wildman–Crippen LogP) is 2.79. The molecular formula is C14H20O3. The maximum absolute atomic E-state index is 12.4. The van der Waals surface area contributed by atoms with E-state index in [1.165, 1.54) is 0 Å². The predicted molar refractivity (Wildman–Crippen MR) is 64.5 cm³/mol. The largest absolute Gasteiger partial charge is 0.447 e. The molecule has 3 heteroatoms. The molecule has 0 N–H and O–H groups in total. The third-order valence-electron chi connectivity index (χ3n) is 4.05. The van der Waals surface area contributed by atoms with Crippen LogP contribution in [0.4, 0.5) is 0 Å². The molecule has 2 rings (SSSR count). The monoisotopic (exact) mass is 236 g/mol. The zero-order valence-electron chi connectivity index (χ0n) is 10.8.